The van der Waals surface area contributed by atoms with E-state index in [0.29, 0.717) is 6.54 Å². The van der Waals surface area contributed by atoms with Gasteiger partial charge in [-0.25, -0.2) is 5.01 Å². The summed E-state index contributed by atoms with van der Waals surface area (Å²) in [5.41, 5.74) is 9.65. The summed E-state index contributed by atoms with van der Waals surface area (Å²) in [6.45, 7) is 17.5. The summed E-state index contributed by atoms with van der Waals surface area (Å²) >= 11 is 0. The molecule has 5 rings (SSSR count). The summed E-state index contributed by atoms with van der Waals surface area (Å²) in [5, 5.41) is 13.7. The van der Waals surface area contributed by atoms with Crippen LogP contribution in [0.1, 0.15) is 58.4 Å². The first-order valence-corrected chi connectivity index (χ1v) is 11.5. The van der Waals surface area contributed by atoms with Gasteiger partial charge in [-0.05, 0) is 82.4 Å². The summed E-state index contributed by atoms with van der Waals surface area (Å²) in [6, 6.07) is 8.79. The molecule has 0 fully saturated rings. The number of benzene rings is 2. The fourth-order valence-corrected chi connectivity index (χ4v) is 5.61. The Morgan fingerprint density at radius 3 is 1.85 bits per heavy atom. The quantitative estimate of drug-likeness (QED) is 0.599. The van der Waals surface area contributed by atoms with Crippen LogP contribution in [0.5, 0.6) is 0 Å². The minimum Gasteiger partial charge on any atom is -0.384 e. The van der Waals surface area contributed by atoms with Gasteiger partial charge in [0.25, 0.3) is 0 Å². The average molecular weight is 445 g/mol. The summed E-state index contributed by atoms with van der Waals surface area (Å²) < 4.78 is 0. The molecule has 33 heavy (non-hydrogen) atoms. The molecular weight excluding hydrogens is 412 g/mol. The molecule has 0 aromatic heterocycles. The van der Waals surface area contributed by atoms with Crippen LogP contribution in [-0.4, -0.2) is 40.1 Å². The highest BCUT2D eigenvalue weighted by molar-refractivity contribution is 6.06. The Morgan fingerprint density at radius 2 is 1.30 bits per heavy atom. The lowest BCUT2D eigenvalue weighted by atomic mass is 9.97. The van der Waals surface area contributed by atoms with Crippen LogP contribution in [0.3, 0.4) is 0 Å². The highest BCUT2D eigenvalue weighted by Gasteiger charge is 2.51. The molecule has 0 radical (unpaired) electrons. The van der Waals surface area contributed by atoms with E-state index in [-0.39, 0.29) is 6.10 Å². The van der Waals surface area contributed by atoms with Gasteiger partial charge in [-0.3, -0.25) is 5.01 Å². The number of oxime groups is 2. The monoisotopic (exact) mass is 444 g/mol. The van der Waals surface area contributed by atoms with Crippen LogP contribution in [0.15, 0.2) is 46.2 Å². The third kappa shape index (κ3) is 3.31. The highest BCUT2D eigenvalue weighted by atomic mass is 16.7. The van der Waals surface area contributed by atoms with Crippen LogP contribution in [0.25, 0.3) is 0 Å². The molecule has 0 amide bonds. The SMILES string of the molecule is CC1=C[C@@]2(C)ON=C(c3c(C)cc(C)cc3C)N2N2C[C@@H]1ON=C2c1c(C)cc(C)cc1C. The maximum absolute atomic E-state index is 6.16. The molecule has 0 saturated carbocycles. The second-order valence-corrected chi connectivity index (χ2v) is 9.90. The number of fused-ring (bicyclic) bond motifs is 4. The van der Waals surface area contributed by atoms with Crippen molar-refractivity contribution in [2.75, 3.05) is 6.54 Å². The molecule has 3 heterocycles. The van der Waals surface area contributed by atoms with Crippen molar-refractivity contribution in [3.8, 4) is 0 Å². The van der Waals surface area contributed by atoms with Crippen molar-refractivity contribution in [1.29, 1.82) is 0 Å². The second kappa shape index (κ2) is 7.37. The van der Waals surface area contributed by atoms with Gasteiger partial charge in [0.1, 0.15) is 0 Å². The van der Waals surface area contributed by atoms with Crippen molar-refractivity contribution in [3.63, 3.8) is 0 Å². The molecule has 3 aliphatic heterocycles. The Balaban J connectivity index is 1.71. The number of hydrogen-bond acceptors (Lipinski definition) is 6. The number of nitrogens with zero attached hydrogens (tertiary/aromatic N) is 4. The zero-order chi connectivity index (χ0) is 23.7. The summed E-state index contributed by atoms with van der Waals surface area (Å²) in [6.07, 6.45) is 1.97. The smallest absolute Gasteiger partial charge is 0.245 e. The number of rotatable bonds is 2. The molecule has 0 unspecified atom stereocenters. The highest BCUT2D eigenvalue weighted by Crippen LogP contribution is 2.39. The van der Waals surface area contributed by atoms with Crippen molar-refractivity contribution in [1.82, 2.24) is 10.0 Å². The molecular formula is C27H32N4O2. The van der Waals surface area contributed by atoms with E-state index in [2.05, 4.69) is 106 Å². The molecule has 2 aromatic rings. The zero-order valence-corrected chi connectivity index (χ0v) is 20.8. The van der Waals surface area contributed by atoms with E-state index in [9.17, 15) is 0 Å². The molecule has 2 aromatic carbocycles. The fourth-order valence-electron chi connectivity index (χ4n) is 5.61. The predicted molar refractivity (Wildman–Crippen MR) is 131 cm³/mol. The molecule has 6 heteroatoms. The van der Waals surface area contributed by atoms with Gasteiger partial charge >= 0.3 is 0 Å². The minimum atomic E-state index is -0.779. The normalized spacial score (nSPS) is 23.8. The van der Waals surface area contributed by atoms with Gasteiger partial charge in [-0.2, -0.15) is 0 Å². The Hall–Kier alpha value is -3.28. The minimum absolute atomic E-state index is 0.146. The van der Waals surface area contributed by atoms with E-state index in [0.717, 1.165) is 28.4 Å². The van der Waals surface area contributed by atoms with Gasteiger partial charge in [-0.15, -0.1) is 0 Å². The van der Waals surface area contributed by atoms with Crippen molar-refractivity contribution < 1.29 is 9.68 Å². The van der Waals surface area contributed by atoms with Crippen molar-refractivity contribution >= 4 is 11.7 Å². The first kappa shape index (κ1) is 21.6. The molecule has 0 saturated heterocycles. The Kier molecular flexibility index (Phi) is 4.82. The fraction of sp³-hybridized carbons (Fsp3) is 0.407. The van der Waals surface area contributed by atoms with Gasteiger partial charge in [0.05, 0.1) is 6.54 Å². The summed E-state index contributed by atoms with van der Waals surface area (Å²) in [5.74, 6) is 1.59. The number of hydrogen-bond donors (Lipinski definition) is 0. The van der Waals surface area contributed by atoms with E-state index in [1.807, 2.05) is 0 Å². The second-order valence-electron chi connectivity index (χ2n) is 9.90. The first-order valence-electron chi connectivity index (χ1n) is 11.5. The maximum atomic E-state index is 6.16. The number of aryl methyl sites for hydroxylation is 6. The molecule has 0 N–H and O–H groups in total. The predicted octanol–water partition coefficient (Wildman–Crippen LogP) is 5.18. The molecule has 0 spiro atoms. The van der Waals surface area contributed by atoms with Gasteiger partial charge in [0, 0.05) is 18.1 Å². The lowest BCUT2D eigenvalue weighted by Crippen LogP contribution is -2.59. The number of hydrazine groups is 1. The third-order valence-electron chi connectivity index (χ3n) is 6.83. The van der Waals surface area contributed by atoms with Gasteiger partial charge in [0.2, 0.25) is 5.72 Å². The number of amidine groups is 2. The third-order valence-corrected chi connectivity index (χ3v) is 6.83. The lowest BCUT2D eigenvalue weighted by Gasteiger charge is -2.43. The van der Waals surface area contributed by atoms with Crippen molar-refractivity contribution in [2.45, 2.75) is 67.2 Å². The Bertz CT molecular complexity index is 1210. The molecule has 2 bridgehead atoms. The zero-order valence-electron chi connectivity index (χ0n) is 20.8. The molecule has 6 nitrogen and oxygen atoms in total. The topological polar surface area (TPSA) is 49.7 Å². The van der Waals surface area contributed by atoms with E-state index in [1.165, 1.54) is 33.4 Å². The molecule has 3 aliphatic rings. The Labute approximate surface area is 196 Å². The molecule has 0 aliphatic carbocycles. The van der Waals surface area contributed by atoms with Crippen LogP contribution < -0.4 is 0 Å². The van der Waals surface area contributed by atoms with Crippen LogP contribution in [-0.2, 0) is 9.68 Å². The van der Waals surface area contributed by atoms with Crippen LogP contribution in [0.4, 0.5) is 0 Å². The maximum Gasteiger partial charge on any atom is 0.245 e. The van der Waals surface area contributed by atoms with E-state index >= 15 is 0 Å². The van der Waals surface area contributed by atoms with E-state index in [1.54, 1.807) is 0 Å². The van der Waals surface area contributed by atoms with Crippen LogP contribution in [0.2, 0.25) is 0 Å². The first-order chi connectivity index (χ1) is 15.6. The summed E-state index contributed by atoms with van der Waals surface area (Å²) in [7, 11) is 0. The average Bonchev–Trinajstić information content (AvgIpc) is 2.99. The largest absolute Gasteiger partial charge is 0.384 e. The van der Waals surface area contributed by atoms with Gasteiger partial charge in [0.15, 0.2) is 17.8 Å². The van der Waals surface area contributed by atoms with Crippen molar-refractivity contribution in [2.24, 2.45) is 10.3 Å². The lowest BCUT2D eigenvalue weighted by molar-refractivity contribution is -0.115. The van der Waals surface area contributed by atoms with E-state index in [4.69, 9.17) is 9.68 Å². The van der Waals surface area contributed by atoms with Gasteiger partial charge in [-0.1, -0.05) is 45.7 Å². The van der Waals surface area contributed by atoms with E-state index < -0.39 is 5.72 Å². The standard InChI is InChI=1S/C27H32N4O2/c1-15-9-17(3)23(18(4)10-15)25-28-32-22-14-30(25)31-26(29-33-27(31,8)13-21(22)7)24-19(5)11-16(2)12-20(24)6/h9-13,22H,14H2,1-8H3/t22-,27+/m0/s1. The van der Waals surface area contributed by atoms with Crippen LogP contribution >= 0.6 is 0 Å². The van der Waals surface area contributed by atoms with Gasteiger partial charge < -0.3 is 9.68 Å². The Morgan fingerprint density at radius 1 is 0.788 bits per heavy atom. The summed E-state index contributed by atoms with van der Waals surface area (Å²) in [4.78, 5) is 12.2. The molecule has 172 valence electrons. The molecule has 2 atom stereocenters. The van der Waals surface area contributed by atoms with Crippen molar-refractivity contribution in [3.05, 3.63) is 80.4 Å². The van der Waals surface area contributed by atoms with Crippen LogP contribution in [0, 0.1) is 41.5 Å².